The summed E-state index contributed by atoms with van der Waals surface area (Å²) in [7, 11) is 0. The van der Waals surface area contributed by atoms with E-state index in [-0.39, 0.29) is 5.69 Å². The van der Waals surface area contributed by atoms with Gasteiger partial charge in [0.05, 0.1) is 0 Å². The van der Waals surface area contributed by atoms with Crippen molar-refractivity contribution in [2.45, 2.75) is 24.3 Å². The highest BCUT2D eigenvalue weighted by atomic mass is 32.2. The summed E-state index contributed by atoms with van der Waals surface area (Å²) in [6.45, 7) is 6.22. The molecule has 1 fully saturated rings. The van der Waals surface area contributed by atoms with E-state index in [4.69, 9.17) is 5.11 Å². The summed E-state index contributed by atoms with van der Waals surface area (Å²) in [4.78, 5) is 17.2. The number of nitrogens with zero attached hydrogens (tertiary/aromatic N) is 2. The first kappa shape index (κ1) is 12.2. The van der Waals surface area contributed by atoms with Gasteiger partial charge in [-0.2, -0.15) is 11.8 Å². The third kappa shape index (κ3) is 2.91. The first-order chi connectivity index (χ1) is 8.06. The van der Waals surface area contributed by atoms with E-state index in [9.17, 15) is 4.79 Å². The molecule has 92 valence electrons. The number of thioether (sulfide) groups is 1. The molecule has 0 saturated carbocycles. The van der Waals surface area contributed by atoms with E-state index in [1.54, 1.807) is 6.07 Å². The molecule has 0 aliphatic carbocycles. The lowest BCUT2D eigenvalue weighted by atomic mass is 10.3. The fourth-order valence-electron chi connectivity index (χ4n) is 2.08. The summed E-state index contributed by atoms with van der Waals surface area (Å²) < 4.78 is 0. The van der Waals surface area contributed by atoms with Crippen LogP contribution < -0.4 is 4.90 Å². The summed E-state index contributed by atoms with van der Waals surface area (Å²) in [5.74, 6) is -0.205. The first-order valence-corrected chi connectivity index (χ1v) is 6.61. The molecule has 2 rings (SSSR count). The van der Waals surface area contributed by atoms with Crippen LogP contribution in [-0.4, -0.2) is 39.6 Å². The predicted octanol–water partition coefficient (Wildman–Crippen LogP) is 2.11. The van der Waals surface area contributed by atoms with Crippen LogP contribution >= 0.6 is 11.8 Å². The van der Waals surface area contributed by atoms with Crippen LogP contribution in [0.25, 0.3) is 0 Å². The summed E-state index contributed by atoms with van der Waals surface area (Å²) in [6, 6.07) is 5.15. The van der Waals surface area contributed by atoms with Crippen molar-refractivity contribution in [3.63, 3.8) is 0 Å². The van der Waals surface area contributed by atoms with Crippen LogP contribution in [-0.2, 0) is 0 Å². The number of rotatable bonds is 2. The van der Waals surface area contributed by atoms with E-state index < -0.39 is 5.97 Å². The molecule has 1 aliphatic heterocycles. The Morgan fingerprint density at radius 2 is 2.06 bits per heavy atom. The van der Waals surface area contributed by atoms with E-state index in [0.29, 0.717) is 10.5 Å². The van der Waals surface area contributed by atoms with Crippen LogP contribution in [0.1, 0.15) is 24.3 Å². The minimum absolute atomic E-state index is 0.112. The van der Waals surface area contributed by atoms with Gasteiger partial charge in [-0.3, -0.25) is 0 Å². The largest absolute Gasteiger partial charge is 0.477 e. The second kappa shape index (κ2) is 4.96. The summed E-state index contributed by atoms with van der Waals surface area (Å²) in [5.41, 5.74) is 0.112. The van der Waals surface area contributed by atoms with Crippen molar-refractivity contribution in [3.8, 4) is 0 Å². The molecule has 1 aromatic rings. The maximum absolute atomic E-state index is 10.9. The van der Waals surface area contributed by atoms with Gasteiger partial charge >= 0.3 is 5.97 Å². The quantitative estimate of drug-likeness (QED) is 0.873. The number of carboxylic acid groups (broad SMARTS) is 1. The van der Waals surface area contributed by atoms with Crippen LogP contribution in [0.5, 0.6) is 0 Å². The van der Waals surface area contributed by atoms with Crippen LogP contribution in [0, 0.1) is 0 Å². The Hall–Kier alpha value is -1.23. The number of hydrogen-bond acceptors (Lipinski definition) is 4. The molecular weight excluding hydrogens is 236 g/mol. The highest BCUT2D eigenvalue weighted by molar-refractivity contribution is 8.00. The van der Waals surface area contributed by atoms with Crippen molar-refractivity contribution in [3.05, 3.63) is 23.9 Å². The summed E-state index contributed by atoms with van der Waals surface area (Å²) in [5, 5.41) is 10.0. The first-order valence-electron chi connectivity index (χ1n) is 5.67. The molecule has 5 heteroatoms. The molecular formula is C12H16N2O2S. The zero-order valence-electron chi connectivity index (χ0n) is 9.96. The Kier molecular flexibility index (Phi) is 3.57. The highest BCUT2D eigenvalue weighted by Crippen LogP contribution is 2.27. The molecule has 17 heavy (non-hydrogen) atoms. The summed E-state index contributed by atoms with van der Waals surface area (Å²) >= 11 is 1.96. The number of anilines is 1. The number of pyridine rings is 1. The number of aromatic nitrogens is 1. The average Bonchev–Trinajstić information content (AvgIpc) is 2.28. The fraction of sp³-hybridized carbons (Fsp3) is 0.500. The van der Waals surface area contributed by atoms with E-state index in [1.807, 2.05) is 17.8 Å². The zero-order valence-corrected chi connectivity index (χ0v) is 10.8. The second-order valence-electron chi connectivity index (χ2n) is 4.35. The molecule has 0 radical (unpaired) electrons. The topological polar surface area (TPSA) is 53.4 Å². The van der Waals surface area contributed by atoms with Gasteiger partial charge in [0.25, 0.3) is 0 Å². The lowest BCUT2D eigenvalue weighted by molar-refractivity contribution is 0.0690. The van der Waals surface area contributed by atoms with Crippen molar-refractivity contribution in [1.82, 2.24) is 4.98 Å². The number of aromatic carboxylic acids is 1. The molecule has 4 nitrogen and oxygen atoms in total. The van der Waals surface area contributed by atoms with Gasteiger partial charge in [0, 0.05) is 23.6 Å². The highest BCUT2D eigenvalue weighted by Gasteiger charge is 2.23. The Morgan fingerprint density at radius 1 is 1.41 bits per heavy atom. The van der Waals surface area contributed by atoms with Crippen molar-refractivity contribution >= 4 is 23.5 Å². The van der Waals surface area contributed by atoms with Gasteiger partial charge < -0.3 is 10.0 Å². The molecule has 1 aromatic heterocycles. The monoisotopic (exact) mass is 252 g/mol. The van der Waals surface area contributed by atoms with E-state index >= 15 is 0 Å². The average molecular weight is 252 g/mol. The molecule has 2 atom stereocenters. The van der Waals surface area contributed by atoms with E-state index in [2.05, 4.69) is 23.7 Å². The minimum atomic E-state index is -0.973. The van der Waals surface area contributed by atoms with Gasteiger partial charge in [-0.1, -0.05) is 19.9 Å². The lowest BCUT2D eigenvalue weighted by Gasteiger charge is -2.35. The van der Waals surface area contributed by atoms with Gasteiger partial charge in [0.1, 0.15) is 5.82 Å². The molecule has 0 aromatic carbocycles. The molecule has 0 bridgehead atoms. The molecule has 0 amide bonds. The van der Waals surface area contributed by atoms with Crippen LogP contribution in [0.3, 0.4) is 0 Å². The van der Waals surface area contributed by atoms with E-state index in [1.165, 1.54) is 6.07 Å². The number of carbonyl (C=O) groups is 1. The van der Waals surface area contributed by atoms with Crippen molar-refractivity contribution in [1.29, 1.82) is 0 Å². The van der Waals surface area contributed by atoms with E-state index in [0.717, 1.165) is 18.9 Å². The molecule has 2 heterocycles. The van der Waals surface area contributed by atoms with Gasteiger partial charge in [0.15, 0.2) is 5.69 Å². The fourth-order valence-corrected chi connectivity index (χ4v) is 3.41. The molecule has 1 saturated heterocycles. The van der Waals surface area contributed by atoms with Gasteiger partial charge in [-0.25, -0.2) is 9.78 Å². The smallest absolute Gasteiger partial charge is 0.354 e. The van der Waals surface area contributed by atoms with Crippen molar-refractivity contribution in [2.75, 3.05) is 18.0 Å². The number of hydrogen-bond donors (Lipinski definition) is 1. The SMILES string of the molecule is CC1CN(c2cccc(C(=O)O)n2)CC(C)S1. The Balaban J connectivity index is 2.21. The molecule has 2 unspecified atom stereocenters. The Bertz CT molecular complexity index is 415. The normalized spacial score (nSPS) is 24.7. The standard InChI is InChI=1S/C12H16N2O2S/c1-8-6-14(7-9(2)17-8)11-5-3-4-10(13-11)12(15)16/h3-5,8-9H,6-7H2,1-2H3,(H,15,16). The lowest BCUT2D eigenvalue weighted by Crippen LogP contribution is -2.41. The van der Waals surface area contributed by atoms with Crippen LogP contribution in [0.2, 0.25) is 0 Å². The maximum atomic E-state index is 10.9. The van der Waals surface area contributed by atoms with Gasteiger partial charge in [-0.15, -0.1) is 0 Å². The Morgan fingerprint density at radius 3 is 2.65 bits per heavy atom. The van der Waals surface area contributed by atoms with Crippen LogP contribution in [0.4, 0.5) is 5.82 Å². The minimum Gasteiger partial charge on any atom is -0.477 e. The number of carboxylic acids is 1. The van der Waals surface area contributed by atoms with Gasteiger partial charge in [-0.05, 0) is 12.1 Å². The third-order valence-corrected chi connectivity index (χ3v) is 3.92. The van der Waals surface area contributed by atoms with Crippen LogP contribution in [0.15, 0.2) is 18.2 Å². The van der Waals surface area contributed by atoms with Crippen molar-refractivity contribution in [2.24, 2.45) is 0 Å². The zero-order chi connectivity index (χ0) is 12.4. The maximum Gasteiger partial charge on any atom is 0.354 e. The summed E-state index contributed by atoms with van der Waals surface area (Å²) in [6.07, 6.45) is 0. The second-order valence-corrected chi connectivity index (χ2v) is 6.23. The third-order valence-electron chi connectivity index (χ3n) is 2.70. The van der Waals surface area contributed by atoms with Gasteiger partial charge in [0.2, 0.25) is 0 Å². The Labute approximate surface area is 105 Å². The molecule has 0 spiro atoms. The van der Waals surface area contributed by atoms with Crippen molar-refractivity contribution < 1.29 is 9.90 Å². The molecule has 1 N–H and O–H groups in total. The molecule has 1 aliphatic rings. The predicted molar refractivity (Wildman–Crippen MR) is 69.9 cm³/mol.